The summed E-state index contributed by atoms with van der Waals surface area (Å²) in [5, 5.41) is 0.0136. The molecule has 1 aromatic rings. The molecule has 0 aromatic heterocycles. The lowest BCUT2D eigenvalue weighted by Crippen LogP contribution is -2.70. The van der Waals surface area contributed by atoms with E-state index in [9.17, 15) is 0 Å². The third-order valence-corrected chi connectivity index (χ3v) is 116. The highest BCUT2D eigenvalue weighted by atomic mass is 80.0. The first-order valence-electron chi connectivity index (χ1n) is 5.23. The average molecular weight is 763 g/mol. The van der Waals surface area contributed by atoms with Gasteiger partial charge < -0.3 is 0 Å². The number of halogens is 7. The lowest BCUT2D eigenvalue weighted by atomic mass is 10.0. The van der Waals surface area contributed by atoms with Gasteiger partial charge in [0.1, 0.15) is 0 Å². The Morgan fingerprint density at radius 2 is 1.11 bits per heavy atom. The van der Waals surface area contributed by atoms with Gasteiger partial charge in [0, 0.05) is 0 Å². The van der Waals surface area contributed by atoms with Crippen LogP contribution in [0.1, 0.15) is 19.4 Å². The van der Waals surface area contributed by atoms with Gasteiger partial charge in [0.05, 0.1) is 0 Å². The van der Waals surface area contributed by atoms with Gasteiger partial charge in [-0.2, -0.15) is 0 Å². The maximum absolute atomic E-state index is 4.17. The van der Waals surface area contributed by atoms with Crippen LogP contribution in [0.15, 0.2) is 30.3 Å². The summed E-state index contributed by atoms with van der Waals surface area (Å²) in [5.74, 6) is 0. The van der Waals surface area contributed by atoms with Gasteiger partial charge in [0.25, 0.3) is 6.90 Å². The van der Waals surface area contributed by atoms with Crippen molar-refractivity contribution >= 4 is 120 Å². The number of rotatable bonds is 4. The molecule has 19 heavy (non-hydrogen) atoms. The van der Waals surface area contributed by atoms with Crippen molar-refractivity contribution in [3.05, 3.63) is 35.9 Å². The van der Waals surface area contributed by atoms with E-state index in [1.807, 2.05) is 0 Å². The highest BCUT2D eigenvalue weighted by molar-refractivity contribution is 9.83. The molecule has 1 aromatic carbocycles. The lowest BCUT2D eigenvalue weighted by molar-refractivity contribution is 0.751. The minimum Gasteiger partial charge on any atom is -0.126 e. The third kappa shape index (κ3) is 4.01. The van der Waals surface area contributed by atoms with Crippen molar-refractivity contribution in [2.75, 3.05) is 0 Å². The molecule has 0 fully saturated rings. The predicted molar refractivity (Wildman–Crippen MR) is 119 cm³/mol. The van der Waals surface area contributed by atoms with E-state index >= 15 is 0 Å². The van der Waals surface area contributed by atoms with Crippen molar-refractivity contribution in [3.63, 3.8) is 0 Å². The monoisotopic (exact) mass is 755 g/mol. The van der Waals surface area contributed by atoms with Crippen LogP contribution in [0, 0.1) is 0 Å². The molecule has 1 rings (SSSR count). The highest BCUT2D eigenvalue weighted by Gasteiger charge is 2.70. The van der Waals surface area contributed by atoms with Gasteiger partial charge in [-0.3, -0.25) is 0 Å². The van der Waals surface area contributed by atoms with Crippen LogP contribution < -0.4 is 0 Å². The molecule has 0 heterocycles. The first-order valence-corrected chi connectivity index (χ1v) is 29.0. The summed E-state index contributed by atoms with van der Waals surface area (Å²) in [6.07, 6.45) is 0. The quantitative estimate of drug-likeness (QED) is 0.224. The molecule has 0 bridgehead atoms. The van der Waals surface area contributed by atoms with Crippen LogP contribution in [-0.2, 0) is 5.04 Å². The summed E-state index contributed by atoms with van der Waals surface area (Å²) in [7, 11) is 0. The number of hydrogen-bond acceptors (Lipinski definition) is 0. The Hall–Kier alpha value is 3.23. The molecule has 0 aliphatic heterocycles. The van der Waals surface area contributed by atoms with Crippen LogP contribution in [0.4, 0.5) is 0 Å². The number of benzene rings is 1. The van der Waals surface area contributed by atoms with E-state index in [0.29, 0.717) is 0 Å². The van der Waals surface area contributed by atoms with E-state index in [1.54, 1.807) is 0 Å². The topological polar surface area (TPSA) is 0 Å². The third-order valence-electron chi connectivity index (χ3n) is 3.14. The van der Waals surface area contributed by atoms with Gasteiger partial charge in [-0.15, -0.1) is 15.3 Å². The fraction of sp³-hybridized carbons (Fsp3) is 0.333. The normalized spacial score (nSPS) is 14.6. The molecule has 108 valence electrons. The summed E-state index contributed by atoms with van der Waals surface area (Å²) in [4.78, 5) is 0. The van der Waals surface area contributed by atoms with Crippen molar-refractivity contribution in [1.29, 1.82) is 0 Å². The van der Waals surface area contributed by atoms with E-state index < -0.39 is 12.6 Å². The Morgan fingerprint density at radius 1 is 0.737 bits per heavy atom. The van der Waals surface area contributed by atoms with Crippen molar-refractivity contribution in [2.45, 2.75) is 18.9 Å². The van der Waals surface area contributed by atoms with Gasteiger partial charge in [-0.25, -0.2) is 0 Å². The highest BCUT2D eigenvalue weighted by Crippen LogP contribution is 2.59. The summed E-state index contributed by atoms with van der Waals surface area (Å²) in [5.41, 5.74) is -0.694. The van der Waals surface area contributed by atoms with E-state index in [-0.39, 0.29) is 5.04 Å². The Labute approximate surface area is 171 Å². The second-order valence-electron chi connectivity index (χ2n) is 4.65. The zero-order valence-electron chi connectivity index (χ0n) is 10.0. The Bertz CT molecular complexity index is 423. The second-order valence-corrected chi connectivity index (χ2v) is 81.4. The SMILES string of the molecule is CC(C)(c1ccccc1)[Si](Br)([Si](Br)(Br)Br)[Si](Br)(Br)Br. The first-order chi connectivity index (χ1) is 8.36. The first kappa shape index (κ1) is 20.3. The van der Waals surface area contributed by atoms with Gasteiger partial charge in [0.2, 0.25) is 0 Å². The van der Waals surface area contributed by atoms with Gasteiger partial charge in [-0.1, -0.05) is 136 Å². The molecule has 0 aliphatic carbocycles. The molecular weight excluding hydrogens is 752 g/mol. The van der Waals surface area contributed by atoms with Crippen LogP contribution in [0.3, 0.4) is 0 Å². The van der Waals surface area contributed by atoms with Crippen LogP contribution in [-0.4, -0.2) is 12.6 Å². The van der Waals surface area contributed by atoms with Crippen LogP contribution in [0.2, 0.25) is 0 Å². The van der Waals surface area contributed by atoms with Crippen molar-refractivity contribution < 1.29 is 0 Å². The predicted octanol–water partition coefficient (Wildman–Crippen LogP) is 7.25. The summed E-state index contributed by atoms with van der Waals surface area (Å²) < 4.78 is -3.90. The standard InChI is InChI=1S/C9H11Br7Si3/c1-9(2,8-6-4-3-5-7-8)17(10,18(11,12)13)19(14,15)16/h3-7H,1-2H3. The van der Waals surface area contributed by atoms with E-state index in [0.717, 1.165) is 0 Å². The number of hydrogen-bond donors (Lipinski definition) is 0. The molecule has 0 spiro atoms. The van der Waals surface area contributed by atoms with Crippen molar-refractivity contribution in [3.8, 4) is 0 Å². The van der Waals surface area contributed by atoms with E-state index in [1.165, 1.54) is 5.56 Å². The fourth-order valence-electron chi connectivity index (χ4n) is 1.92. The molecule has 0 atom stereocenters. The zero-order valence-corrected chi connectivity index (χ0v) is 24.1. The molecule has 0 nitrogen and oxygen atoms in total. The average Bonchev–Trinajstić information content (AvgIpc) is 2.26. The van der Waals surface area contributed by atoms with E-state index in [4.69, 9.17) is 0 Å². The molecule has 0 unspecified atom stereocenters. The summed E-state index contributed by atoms with van der Waals surface area (Å²) in [6, 6.07) is 10.6. The minimum atomic E-state index is -2.03. The molecule has 0 saturated heterocycles. The van der Waals surface area contributed by atoms with Gasteiger partial charge in [0.15, 0.2) is 5.73 Å². The summed E-state index contributed by atoms with van der Waals surface area (Å²) in [6.45, 7) is 4.61. The Kier molecular flexibility index (Phi) is 7.47. The largest absolute Gasteiger partial charge is 0.268 e. The summed E-state index contributed by atoms with van der Waals surface area (Å²) >= 11 is 27.6. The van der Waals surface area contributed by atoms with Crippen molar-refractivity contribution in [2.24, 2.45) is 0 Å². The lowest BCUT2D eigenvalue weighted by Gasteiger charge is -2.48. The van der Waals surface area contributed by atoms with Gasteiger partial charge in [-0.05, 0) is 10.6 Å². The zero-order chi connectivity index (χ0) is 15.1. The Balaban J connectivity index is 3.51. The molecular formula is C9H11Br7Si3. The maximum Gasteiger partial charge on any atom is 0.268 e. The minimum absolute atomic E-state index is 0.0136. The van der Waals surface area contributed by atoms with Crippen molar-refractivity contribution in [1.82, 2.24) is 0 Å². The van der Waals surface area contributed by atoms with E-state index in [2.05, 4.69) is 151 Å². The molecule has 0 N–H and O–H groups in total. The molecule has 0 aliphatic rings. The molecule has 0 saturated carbocycles. The van der Waals surface area contributed by atoms with Gasteiger partial charge >= 0.3 is 0 Å². The van der Waals surface area contributed by atoms with Crippen LogP contribution >= 0.6 is 107 Å². The second kappa shape index (κ2) is 7.00. The fourth-order valence-corrected chi connectivity index (χ4v) is 153. The Morgan fingerprint density at radius 3 is 1.42 bits per heavy atom. The molecule has 0 radical (unpaired) electrons. The maximum atomic E-state index is 4.17. The van der Waals surface area contributed by atoms with Crippen LogP contribution in [0.25, 0.3) is 0 Å². The van der Waals surface area contributed by atoms with Crippen LogP contribution in [0.5, 0.6) is 0 Å². The molecule has 0 amide bonds. The smallest absolute Gasteiger partial charge is 0.126 e. The molecule has 10 heteroatoms.